The Morgan fingerprint density at radius 1 is 1.00 bits per heavy atom. The lowest BCUT2D eigenvalue weighted by Gasteiger charge is -2.33. The second kappa shape index (κ2) is 9.51. The smallest absolute Gasteiger partial charge is 0.294 e. The summed E-state index contributed by atoms with van der Waals surface area (Å²) in [7, 11) is 0. The van der Waals surface area contributed by atoms with Gasteiger partial charge >= 0.3 is 0 Å². The number of rotatable bonds is 7. The Bertz CT molecular complexity index is 990. The number of ether oxygens (including phenoxy) is 1. The summed E-state index contributed by atoms with van der Waals surface area (Å²) < 4.78 is 10.9. The van der Waals surface area contributed by atoms with Crippen LogP contribution in [-0.2, 0) is 4.79 Å². The Balaban J connectivity index is 2.12. The summed E-state index contributed by atoms with van der Waals surface area (Å²) in [6.45, 7) is 8.16. The highest BCUT2D eigenvalue weighted by Crippen LogP contribution is 2.31. The van der Waals surface area contributed by atoms with E-state index in [1.54, 1.807) is 36.4 Å². The van der Waals surface area contributed by atoms with E-state index in [2.05, 4.69) is 5.32 Å². The molecule has 0 aliphatic heterocycles. The summed E-state index contributed by atoms with van der Waals surface area (Å²) in [6.07, 6.45) is 1.44. The second-order valence-electron chi connectivity index (χ2n) is 8.13. The molecule has 0 spiro atoms. The van der Waals surface area contributed by atoms with Crippen LogP contribution in [0.3, 0.4) is 0 Å². The molecule has 0 saturated carbocycles. The van der Waals surface area contributed by atoms with Crippen LogP contribution in [0.15, 0.2) is 77.4 Å². The Labute approximate surface area is 182 Å². The minimum atomic E-state index is -0.893. The number of hydrogen-bond donors (Lipinski definition) is 1. The lowest BCUT2D eigenvalue weighted by atomic mass is 10.0. The molecule has 1 aromatic heterocycles. The first-order valence-electron chi connectivity index (χ1n) is 10.3. The van der Waals surface area contributed by atoms with E-state index in [0.717, 1.165) is 0 Å². The normalized spacial score (nSPS) is 12.1. The van der Waals surface area contributed by atoms with Crippen molar-refractivity contribution < 1.29 is 18.7 Å². The standard InChI is InChI=1S/C25H28N2O4/c1-5-30-20-15-13-19(14-16-20)27(24(29)21-12-9-17-31-21)22(18-10-7-6-8-11-18)23(28)26-25(2,3)4/h6-17,22H,5H2,1-4H3,(H,26,28)/t22-/m1/s1. The third-order valence-corrected chi connectivity index (χ3v) is 4.50. The molecule has 2 aromatic carbocycles. The lowest BCUT2D eigenvalue weighted by Crippen LogP contribution is -2.49. The third kappa shape index (κ3) is 5.54. The zero-order valence-corrected chi connectivity index (χ0v) is 18.3. The SMILES string of the molecule is CCOc1ccc(N(C(=O)c2ccco2)[C@@H](C(=O)NC(C)(C)C)c2ccccc2)cc1. The van der Waals surface area contributed by atoms with E-state index in [4.69, 9.17) is 9.15 Å². The average Bonchev–Trinajstić information content (AvgIpc) is 3.27. The van der Waals surface area contributed by atoms with Gasteiger partial charge in [0.15, 0.2) is 5.76 Å². The van der Waals surface area contributed by atoms with Gasteiger partial charge in [-0.05, 0) is 69.7 Å². The predicted molar refractivity (Wildman–Crippen MR) is 120 cm³/mol. The lowest BCUT2D eigenvalue weighted by molar-refractivity contribution is -0.123. The van der Waals surface area contributed by atoms with Gasteiger partial charge in [0.2, 0.25) is 5.91 Å². The number of carbonyl (C=O) groups excluding carboxylic acids is 2. The molecule has 1 heterocycles. The molecule has 31 heavy (non-hydrogen) atoms. The molecule has 3 rings (SSSR count). The first-order chi connectivity index (χ1) is 14.8. The Morgan fingerprint density at radius 3 is 2.23 bits per heavy atom. The van der Waals surface area contributed by atoms with Crippen molar-refractivity contribution in [1.82, 2.24) is 5.32 Å². The highest BCUT2D eigenvalue weighted by Gasteiger charge is 2.35. The van der Waals surface area contributed by atoms with Crippen LogP contribution < -0.4 is 15.0 Å². The van der Waals surface area contributed by atoms with E-state index in [9.17, 15) is 9.59 Å². The summed E-state index contributed by atoms with van der Waals surface area (Å²) in [5.41, 5.74) is 0.781. The molecule has 0 radical (unpaired) electrons. The number of furan rings is 1. The number of hydrogen-bond acceptors (Lipinski definition) is 4. The van der Waals surface area contributed by atoms with E-state index in [1.165, 1.54) is 11.2 Å². The van der Waals surface area contributed by atoms with Crippen LogP contribution in [0.25, 0.3) is 0 Å². The van der Waals surface area contributed by atoms with Crippen molar-refractivity contribution in [3.63, 3.8) is 0 Å². The summed E-state index contributed by atoms with van der Waals surface area (Å²) in [4.78, 5) is 28.4. The van der Waals surface area contributed by atoms with Crippen LogP contribution in [-0.4, -0.2) is 24.0 Å². The van der Waals surface area contributed by atoms with Crippen molar-refractivity contribution in [3.05, 3.63) is 84.3 Å². The molecular formula is C25H28N2O4. The monoisotopic (exact) mass is 420 g/mol. The largest absolute Gasteiger partial charge is 0.494 e. The van der Waals surface area contributed by atoms with Gasteiger partial charge < -0.3 is 14.5 Å². The van der Waals surface area contributed by atoms with Gasteiger partial charge in [-0.3, -0.25) is 14.5 Å². The van der Waals surface area contributed by atoms with Crippen molar-refractivity contribution >= 4 is 17.5 Å². The van der Waals surface area contributed by atoms with Crippen LogP contribution in [0, 0.1) is 0 Å². The van der Waals surface area contributed by atoms with Gasteiger partial charge in [0.05, 0.1) is 12.9 Å². The van der Waals surface area contributed by atoms with E-state index in [-0.39, 0.29) is 11.7 Å². The highest BCUT2D eigenvalue weighted by atomic mass is 16.5. The Hall–Kier alpha value is -3.54. The molecular weight excluding hydrogens is 392 g/mol. The molecule has 1 N–H and O–H groups in total. The minimum Gasteiger partial charge on any atom is -0.494 e. The van der Waals surface area contributed by atoms with Gasteiger partial charge in [0.25, 0.3) is 5.91 Å². The maximum atomic E-state index is 13.5. The van der Waals surface area contributed by atoms with Crippen molar-refractivity contribution in [1.29, 1.82) is 0 Å². The predicted octanol–water partition coefficient (Wildman–Crippen LogP) is 4.98. The molecule has 0 saturated heterocycles. The number of nitrogens with zero attached hydrogens (tertiary/aromatic N) is 1. The maximum Gasteiger partial charge on any atom is 0.294 e. The zero-order chi connectivity index (χ0) is 22.4. The molecule has 0 aliphatic carbocycles. The first-order valence-corrected chi connectivity index (χ1v) is 10.3. The van der Waals surface area contributed by atoms with Gasteiger partial charge in [0, 0.05) is 11.2 Å². The zero-order valence-electron chi connectivity index (χ0n) is 18.3. The molecule has 0 fully saturated rings. The first kappa shape index (κ1) is 22.2. The van der Waals surface area contributed by atoms with Gasteiger partial charge in [-0.1, -0.05) is 30.3 Å². The van der Waals surface area contributed by atoms with E-state index < -0.39 is 17.5 Å². The summed E-state index contributed by atoms with van der Waals surface area (Å²) in [6, 6.07) is 18.7. The summed E-state index contributed by atoms with van der Waals surface area (Å²) in [5.74, 6) is 0.144. The van der Waals surface area contributed by atoms with E-state index in [0.29, 0.717) is 23.6 Å². The fourth-order valence-corrected chi connectivity index (χ4v) is 3.26. The minimum absolute atomic E-state index is 0.151. The number of anilines is 1. The molecule has 162 valence electrons. The van der Waals surface area contributed by atoms with Crippen LogP contribution in [0.1, 0.15) is 49.9 Å². The second-order valence-corrected chi connectivity index (χ2v) is 8.13. The Kier molecular flexibility index (Phi) is 6.80. The topological polar surface area (TPSA) is 71.8 Å². The van der Waals surface area contributed by atoms with Gasteiger partial charge in [-0.2, -0.15) is 0 Å². The average molecular weight is 421 g/mol. The van der Waals surface area contributed by atoms with Gasteiger partial charge in [-0.15, -0.1) is 0 Å². The number of amides is 2. The molecule has 0 unspecified atom stereocenters. The molecule has 0 bridgehead atoms. The molecule has 2 amide bonds. The van der Waals surface area contributed by atoms with Gasteiger partial charge in [-0.25, -0.2) is 0 Å². The molecule has 1 atom stereocenters. The molecule has 6 heteroatoms. The number of benzene rings is 2. The molecule has 3 aromatic rings. The van der Waals surface area contributed by atoms with Gasteiger partial charge in [0.1, 0.15) is 11.8 Å². The van der Waals surface area contributed by atoms with Crippen molar-refractivity contribution in [2.45, 2.75) is 39.3 Å². The van der Waals surface area contributed by atoms with Crippen molar-refractivity contribution in [2.24, 2.45) is 0 Å². The third-order valence-electron chi connectivity index (χ3n) is 4.50. The van der Waals surface area contributed by atoms with E-state index in [1.807, 2.05) is 58.0 Å². The fraction of sp³-hybridized carbons (Fsp3) is 0.280. The van der Waals surface area contributed by atoms with Crippen molar-refractivity contribution in [3.8, 4) is 5.75 Å². The Morgan fingerprint density at radius 2 is 1.68 bits per heavy atom. The van der Waals surface area contributed by atoms with Crippen LogP contribution in [0.2, 0.25) is 0 Å². The van der Waals surface area contributed by atoms with Crippen molar-refractivity contribution in [2.75, 3.05) is 11.5 Å². The molecule has 6 nitrogen and oxygen atoms in total. The van der Waals surface area contributed by atoms with Crippen LogP contribution in [0.5, 0.6) is 5.75 Å². The maximum absolute atomic E-state index is 13.5. The van der Waals surface area contributed by atoms with Crippen LogP contribution in [0.4, 0.5) is 5.69 Å². The van der Waals surface area contributed by atoms with E-state index >= 15 is 0 Å². The number of carbonyl (C=O) groups is 2. The number of nitrogens with one attached hydrogen (secondary N) is 1. The van der Waals surface area contributed by atoms with Crippen LogP contribution >= 0.6 is 0 Å². The summed E-state index contributed by atoms with van der Waals surface area (Å²) >= 11 is 0. The highest BCUT2D eigenvalue weighted by molar-refractivity contribution is 6.08. The molecule has 0 aliphatic rings. The fourth-order valence-electron chi connectivity index (χ4n) is 3.26. The summed E-state index contributed by atoms with van der Waals surface area (Å²) in [5, 5.41) is 3.01. The quantitative estimate of drug-likeness (QED) is 0.585.